The first-order chi connectivity index (χ1) is 12.6. The van der Waals surface area contributed by atoms with Crippen molar-refractivity contribution in [3.05, 3.63) is 88.6 Å². The maximum Gasteiger partial charge on any atom is 0.307 e. The van der Waals surface area contributed by atoms with Crippen LogP contribution in [0.15, 0.2) is 70.2 Å². The second-order valence-electron chi connectivity index (χ2n) is 5.20. The van der Waals surface area contributed by atoms with Gasteiger partial charge in [0.2, 0.25) is 0 Å². The lowest BCUT2D eigenvalue weighted by Crippen LogP contribution is -2.17. The molecule has 0 aliphatic carbocycles. The van der Waals surface area contributed by atoms with Crippen molar-refractivity contribution in [1.82, 2.24) is 5.43 Å². The van der Waals surface area contributed by atoms with Crippen LogP contribution in [0.25, 0.3) is 0 Å². The lowest BCUT2D eigenvalue weighted by Gasteiger charge is -2.03. The van der Waals surface area contributed by atoms with Crippen LogP contribution in [0, 0.1) is 5.82 Å². The van der Waals surface area contributed by atoms with Gasteiger partial charge in [0.25, 0.3) is 0 Å². The molecule has 132 valence electrons. The van der Waals surface area contributed by atoms with Crippen molar-refractivity contribution >= 4 is 23.7 Å². The second kappa shape index (κ2) is 8.31. The lowest BCUT2D eigenvalue weighted by molar-refractivity contribution is 0.0923. The molecular weight excluding hydrogens is 359 g/mol. The van der Waals surface area contributed by atoms with Crippen molar-refractivity contribution in [2.45, 2.75) is 6.61 Å². The van der Waals surface area contributed by atoms with Crippen molar-refractivity contribution in [2.75, 3.05) is 0 Å². The van der Waals surface area contributed by atoms with E-state index in [0.717, 1.165) is 6.21 Å². The Balaban J connectivity index is 1.57. The van der Waals surface area contributed by atoms with E-state index in [-0.39, 0.29) is 23.0 Å². The number of benzene rings is 2. The van der Waals surface area contributed by atoms with Crippen LogP contribution in [0.3, 0.4) is 0 Å². The summed E-state index contributed by atoms with van der Waals surface area (Å²) in [5.74, 6) is 0.142. The maximum absolute atomic E-state index is 13.6. The SMILES string of the molecule is O=C(N/N=C\c1c(F)cccc1Cl)c1ccc(COc2ccccc2)o1. The Morgan fingerprint density at radius 3 is 2.73 bits per heavy atom. The number of hydrazone groups is 1. The predicted octanol–water partition coefficient (Wildman–Crippen LogP) is 4.42. The van der Waals surface area contributed by atoms with Gasteiger partial charge in [-0.05, 0) is 36.4 Å². The largest absolute Gasteiger partial charge is 0.486 e. The van der Waals surface area contributed by atoms with Gasteiger partial charge in [0, 0.05) is 5.56 Å². The molecule has 0 aliphatic rings. The zero-order valence-electron chi connectivity index (χ0n) is 13.5. The minimum Gasteiger partial charge on any atom is -0.486 e. The molecule has 0 saturated heterocycles. The molecule has 0 radical (unpaired) electrons. The molecule has 0 atom stereocenters. The summed E-state index contributed by atoms with van der Waals surface area (Å²) >= 11 is 5.87. The van der Waals surface area contributed by atoms with E-state index < -0.39 is 11.7 Å². The second-order valence-corrected chi connectivity index (χ2v) is 5.61. The van der Waals surface area contributed by atoms with E-state index in [4.69, 9.17) is 20.8 Å². The van der Waals surface area contributed by atoms with Crippen LogP contribution in [0.5, 0.6) is 5.75 Å². The highest BCUT2D eigenvalue weighted by Crippen LogP contribution is 2.17. The summed E-state index contributed by atoms with van der Waals surface area (Å²) in [6, 6.07) is 16.6. The normalized spacial score (nSPS) is 10.8. The Labute approximate surface area is 154 Å². The first-order valence-electron chi connectivity index (χ1n) is 7.67. The summed E-state index contributed by atoms with van der Waals surface area (Å²) in [6.07, 6.45) is 1.14. The molecule has 0 saturated carbocycles. The van der Waals surface area contributed by atoms with E-state index in [1.165, 1.54) is 24.3 Å². The van der Waals surface area contributed by atoms with Gasteiger partial charge in [0.1, 0.15) is 23.9 Å². The van der Waals surface area contributed by atoms with Gasteiger partial charge in [-0.3, -0.25) is 4.79 Å². The first-order valence-corrected chi connectivity index (χ1v) is 8.05. The Hall–Kier alpha value is -3.12. The minimum atomic E-state index is -0.570. The predicted molar refractivity (Wildman–Crippen MR) is 96.0 cm³/mol. The average molecular weight is 373 g/mol. The van der Waals surface area contributed by atoms with Gasteiger partial charge in [-0.25, -0.2) is 9.82 Å². The van der Waals surface area contributed by atoms with Crippen molar-refractivity contribution in [2.24, 2.45) is 5.10 Å². The molecule has 1 N–H and O–H groups in total. The van der Waals surface area contributed by atoms with Crippen molar-refractivity contribution in [3.8, 4) is 5.75 Å². The third-order valence-corrected chi connectivity index (χ3v) is 3.70. The van der Waals surface area contributed by atoms with Crippen LogP contribution in [0.4, 0.5) is 4.39 Å². The van der Waals surface area contributed by atoms with Gasteiger partial charge >= 0.3 is 5.91 Å². The third-order valence-electron chi connectivity index (χ3n) is 3.37. The van der Waals surface area contributed by atoms with E-state index in [1.807, 2.05) is 30.3 Å². The number of carbonyl (C=O) groups is 1. The van der Waals surface area contributed by atoms with Crippen molar-refractivity contribution < 1.29 is 18.3 Å². The molecule has 1 aromatic heterocycles. The number of nitrogens with zero attached hydrogens (tertiary/aromatic N) is 1. The Bertz CT molecular complexity index is 905. The number of carbonyl (C=O) groups excluding carboxylic acids is 1. The smallest absolute Gasteiger partial charge is 0.307 e. The van der Waals surface area contributed by atoms with Gasteiger partial charge in [0.15, 0.2) is 5.76 Å². The molecule has 0 bridgehead atoms. The number of nitrogens with one attached hydrogen (secondary N) is 1. The summed E-state index contributed by atoms with van der Waals surface area (Å²) in [5, 5.41) is 3.90. The van der Waals surface area contributed by atoms with E-state index in [2.05, 4.69) is 10.5 Å². The molecule has 0 fully saturated rings. The average Bonchev–Trinajstić information content (AvgIpc) is 3.12. The third kappa shape index (κ3) is 4.49. The Kier molecular flexibility index (Phi) is 5.66. The van der Waals surface area contributed by atoms with Gasteiger partial charge in [-0.15, -0.1) is 0 Å². The van der Waals surface area contributed by atoms with Crippen LogP contribution < -0.4 is 10.2 Å². The molecular formula is C19H14ClFN2O3. The fourth-order valence-corrected chi connectivity index (χ4v) is 2.31. The monoisotopic (exact) mass is 372 g/mol. The fourth-order valence-electron chi connectivity index (χ4n) is 2.09. The zero-order chi connectivity index (χ0) is 18.4. The highest BCUT2D eigenvalue weighted by molar-refractivity contribution is 6.33. The van der Waals surface area contributed by atoms with Crippen LogP contribution in [-0.2, 0) is 6.61 Å². The van der Waals surface area contributed by atoms with Gasteiger partial charge < -0.3 is 9.15 Å². The van der Waals surface area contributed by atoms with E-state index in [9.17, 15) is 9.18 Å². The molecule has 3 aromatic rings. The molecule has 1 heterocycles. The van der Waals surface area contributed by atoms with Crippen molar-refractivity contribution in [3.63, 3.8) is 0 Å². The quantitative estimate of drug-likeness (QED) is 0.514. The highest BCUT2D eigenvalue weighted by atomic mass is 35.5. The van der Waals surface area contributed by atoms with E-state index >= 15 is 0 Å². The van der Waals surface area contributed by atoms with Crippen LogP contribution in [0.2, 0.25) is 5.02 Å². The van der Waals surface area contributed by atoms with Crippen LogP contribution in [0.1, 0.15) is 21.9 Å². The minimum absolute atomic E-state index is 0.0634. The number of furan rings is 1. The number of rotatable bonds is 6. The zero-order valence-corrected chi connectivity index (χ0v) is 14.2. The summed E-state index contributed by atoms with van der Waals surface area (Å²) in [4.78, 5) is 12.0. The number of ether oxygens (including phenoxy) is 1. The Morgan fingerprint density at radius 2 is 1.96 bits per heavy atom. The first kappa shape index (κ1) is 17.7. The Morgan fingerprint density at radius 1 is 1.15 bits per heavy atom. The van der Waals surface area contributed by atoms with Crippen LogP contribution in [-0.4, -0.2) is 12.1 Å². The molecule has 1 amide bonds. The molecule has 0 spiro atoms. The topological polar surface area (TPSA) is 63.8 Å². The maximum atomic E-state index is 13.6. The number of amides is 1. The highest BCUT2D eigenvalue weighted by Gasteiger charge is 2.11. The number of hydrogen-bond acceptors (Lipinski definition) is 4. The van der Waals surface area contributed by atoms with Crippen LogP contribution >= 0.6 is 11.6 Å². The molecule has 5 nitrogen and oxygen atoms in total. The molecule has 0 aliphatic heterocycles. The molecule has 3 rings (SSSR count). The van der Waals surface area contributed by atoms with Gasteiger partial charge in [-0.1, -0.05) is 35.9 Å². The number of halogens is 2. The summed E-state index contributed by atoms with van der Waals surface area (Å²) in [7, 11) is 0. The molecule has 26 heavy (non-hydrogen) atoms. The molecule has 7 heteroatoms. The summed E-state index contributed by atoms with van der Waals surface area (Å²) in [6.45, 7) is 0.186. The standard InChI is InChI=1S/C19H14ClFN2O3/c20-16-7-4-8-17(21)15(16)11-22-23-19(24)18-10-9-14(26-18)12-25-13-5-2-1-3-6-13/h1-11H,12H2,(H,23,24)/b22-11-. The number of hydrogen-bond donors (Lipinski definition) is 1. The van der Waals surface area contributed by atoms with E-state index in [1.54, 1.807) is 6.07 Å². The lowest BCUT2D eigenvalue weighted by atomic mass is 10.2. The fraction of sp³-hybridized carbons (Fsp3) is 0.0526. The van der Waals surface area contributed by atoms with Crippen molar-refractivity contribution in [1.29, 1.82) is 0 Å². The summed E-state index contributed by atoms with van der Waals surface area (Å²) in [5.41, 5.74) is 2.35. The molecule has 2 aromatic carbocycles. The van der Waals surface area contributed by atoms with Gasteiger partial charge in [-0.2, -0.15) is 5.10 Å². The van der Waals surface area contributed by atoms with E-state index in [0.29, 0.717) is 11.5 Å². The number of para-hydroxylation sites is 1. The summed E-state index contributed by atoms with van der Waals surface area (Å²) < 4.78 is 24.6. The molecule has 0 unspecified atom stereocenters. The van der Waals surface area contributed by atoms with Gasteiger partial charge in [0.05, 0.1) is 11.2 Å².